The summed E-state index contributed by atoms with van der Waals surface area (Å²) in [5, 5.41) is 2.69. The maximum atomic E-state index is 13.3. The normalized spacial score (nSPS) is 10.4. The molecule has 0 radical (unpaired) electrons. The summed E-state index contributed by atoms with van der Waals surface area (Å²) in [4.78, 5) is 12.1. The van der Waals surface area contributed by atoms with Gasteiger partial charge >= 0.3 is 0 Å². The van der Waals surface area contributed by atoms with E-state index < -0.39 is 5.82 Å². The van der Waals surface area contributed by atoms with E-state index in [0.717, 1.165) is 0 Å². The van der Waals surface area contributed by atoms with E-state index in [9.17, 15) is 9.18 Å². The van der Waals surface area contributed by atoms with E-state index in [0.29, 0.717) is 17.0 Å². The van der Waals surface area contributed by atoms with Gasteiger partial charge in [0.25, 0.3) is 5.91 Å². The summed E-state index contributed by atoms with van der Waals surface area (Å²) >= 11 is 0. The highest BCUT2D eigenvalue weighted by molar-refractivity contribution is 6.04. The smallest absolute Gasteiger partial charge is 0.255 e. The Morgan fingerprint density at radius 3 is 2.41 bits per heavy atom. The molecule has 0 aromatic heterocycles. The van der Waals surface area contributed by atoms with Gasteiger partial charge in [0, 0.05) is 17.3 Å². The number of carbonyl (C=O) groups is 1. The average Bonchev–Trinajstić information content (AvgIpc) is 2.49. The molecule has 2 aromatic rings. The van der Waals surface area contributed by atoms with Crippen LogP contribution in [0.1, 0.15) is 24.2 Å². The molecule has 0 aliphatic carbocycles. The van der Waals surface area contributed by atoms with Gasteiger partial charge in [0.1, 0.15) is 5.75 Å². The molecule has 2 aromatic carbocycles. The first-order valence-electron chi connectivity index (χ1n) is 6.91. The van der Waals surface area contributed by atoms with Gasteiger partial charge in [-0.15, -0.1) is 0 Å². The summed E-state index contributed by atoms with van der Waals surface area (Å²) in [5.41, 5.74) is 0.949. The summed E-state index contributed by atoms with van der Waals surface area (Å²) in [6.45, 7) is 3.87. The number of hydrogen-bond donors (Lipinski definition) is 1. The maximum absolute atomic E-state index is 13.3. The van der Waals surface area contributed by atoms with Gasteiger partial charge in [-0.05, 0) is 50.2 Å². The zero-order valence-corrected chi connectivity index (χ0v) is 12.7. The van der Waals surface area contributed by atoms with Gasteiger partial charge in [-0.25, -0.2) is 4.39 Å². The minimum Gasteiger partial charge on any atom is -0.494 e. The topological polar surface area (TPSA) is 47.6 Å². The molecule has 116 valence electrons. The van der Waals surface area contributed by atoms with E-state index in [4.69, 9.17) is 9.47 Å². The van der Waals surface area contributed by atoms with Crippen molar-refractivity contribution < 1.29 is 18.7 Å². The number of amides is 1. The second kappa shape index (κ2) is 6.93. The van der Waals surface area contributed by atoms with E-state index in [1.54, 1.807) is 24.3 Å². The van der Waals surface area contributed by atoms with Crippen molar-refractivity contribution in [3.8, 4) is 11.5 Å². The lowest BCUT2D eigenvalue weighted by atomic mass is 10.2. The summed E-state index contributed by atoms with van der Waals surface area (Å²) in [5.74, 6) is 0.0222. The molecule has 0 atom stereocenters. The molecule has 0 unspecified atom stereocenters. The molecule has 0 aliphatic rings. The highest BCUT2D eigenvalue weighted by Gasteiger charge is 2.09. The van der Waals surface area contributed by atoms with Crippen molar-refractivity contribution in [2.75, 3.05) is 12.4 Å². The van der Waals surface area contributed by atoms with Crippen molar-refractivity contribution in [3.05, 3.63) is 53.8 Å². The van der Waals surface area contributed by atoms with Crippen molar-refractivity contribution in [2.45, 2.75) is 20.0 Å². The highest BCUT2D eigenvalue weighted by atomic mass is 19.1. The Kier molecular flexibility index (Phi) is 4.99. The van der Waals surface area contributed by atoms with E-state index in [2.05, 4.69) is 5.32 Å². The summed E-state index contributed by atoms with van der Waals surface area (Å²) < 4.78 is 23.7. The van der Waals surface area contributed by atoms with Gasteiger partial charge in [0.05, 0.1) is 13.2 Å². The zero-order chi connectivity index (χ0) is 16.1. The van der Waals surface area contributed by atoms with Crippen molar-refractivity contribution in [2.24, 2.45) is 0 Å². The molecule has 4 nitrogen and oxygen atoms in total. The van der Waals surface area contributed by atoms with Crippen LogP contribution < -0.4 is 14.8 Å². The molecule has 1 amide bonds. The van der Waals surface area contributed by atoms with Crippen LogP contribution in [0.5, 0.6) is 11.5 Å². The maximum Gasteiger partial charge on any atom is 0.255 e. The van der Waals surface area contributed by atoms with E-state index >= 15 is 0 Å². The van der Waals surface area contributed by atoms with Crippen LogP contribution >= 0.6 is 0 Å². The lowest BCUT2D eigenvalue weighted by Gasteiger charge is -2.11. The predicted octanol–water partition coefficient (Wildman–Crippen LogP) is 3.87. The third-order valence-electron chi connectivity index (χ3n) is 2.90. The van der Waals surface area contributed by atoms with Crippen LogP contribution in [0.3, 0.4) is 0 Å². The lowest BCUT2D eigenvalue weighted by Crippen LogP contribution is -2.12. The molecule has 0 aliphatic heterocycles. The van der Waals surface area contributed by atoms with E-state index in [1.807, 2.05) is 13.8 Å². The molecule has 0 heterocycles. The largest absolute Gasteiger partial charge is 0.494 e. The van der Waals surface area contributed by atoms with Crippen LogP contribution in [0.25, 0.3) is 0 Å². The zero-order valence-electron chi connectivity index (χ0n) is 12.7. The number of ether oxygens (including phenoxy) is 2. The number of rotatable bonds is 5. The molecule has 0 fully saturated rings. The number of benzene rings is 2. The third-order valence-corrected chi connectivity index (χ3v) is 2.90. The van der Waals surface area contributed by atoms with Gasteiger partial charge in [0.15, 0.2) is 11.6 Å². The first-order valence-corrected chi connectivity index (χ1v) is 6.91. The first-order chi connectivity index (χ1) is 10.5. The van der Waals surface area contributed by atoms with E-state index in [1.165, 1.54) is 25.3 Å². The summed E-state index contributed by atoms with van der Waals surface area (Å²) in [6.07, 6.45) is 0.0753. The van der Waals surface area contributed by atoms with E-state index in [-0.39, 0.29) is 17.8 Å². The van der Waals surface area contributed by atoms with Gasteiger partial charge in [0.2, 0.25) is 0 Å². The van der Waals surface area contributed by atoms with Crippen molar-refractivity contribution in [3.63, 3.8) is 0 Å². The predicted molar refractivity (Wildman–Crippen MR) is 83.1 cm³/mol. The van der Waals surface area contributed by atoms with Crippen LogP contribution in [0, 0.1) is 5.82 Å². The fourth-order valence-electron chi connectivity index (χ4n) is 1.90. The number of hydrogen-bond acceptors (Lipinski definition) is 3. The quantitative estimate of drug-likeness (QED) is 0.912. The average molecular weight is 303 g/mol. The van der Waals surface area contributed by atoms with Crippen LogP contribution in [0.2, 0.25) is 0 Å². The Bertz CT molecular complexity index is 653. The Morgan fingerprint density at radius 2 is 1.82 bits per heavy atom. The van der Waals surface area contributed by atoms with Crippen molar-refractivity contribution in [1.82, 2.24) is 0 Å². The highest BCUT2D eigenvalue weighted by Crippen LogP contribution is 2.22. The second-order valence-corrected chi connectivity index (χ2v) is 4.99. The first kappa shape index (κ1) is 15.8. The number of nitrogens with one attached hydrogen (secondary N) is 1. The van der Waals surface area contributed by atoms with Crippen LogP contribution in [0.4, 0.5) is 10.1 Å². The van der Waals surface area contributed by atoms with Crippen molar-refractivity contribution >= 4 is 11.6 Å². The molecule has 5 heteroatoms. The molecule has 0 bridgehead atoms. The molecular weight excluding hydrogens is 285 g/mol. The number of carbonyl (C=O) groups excluding carboxylic acids is 1. The second-order valence-electron chi connectivity index (χ2n) is 4.99. The van der Waals surface area contributed by atoms with Crippen LogP contribution in [-0.4, -0.2) is 19.1 Å². The third kappa shape index (κ3) is 3.97. The molecule has 0 spiro atoms. The molecule has 0 saturated carbocycles. The lowest BCUT2D eigenvalue weighted by molar-refractivity contribution is 0.102. The fourth-order valence-corrected chi connectivity index (χ4v) is 1.90. The number of anilines is 1. The van der Waals surface area contributed by atoms with Crippen molar-refractivity contribution in [1.29, 1.82) is 0 Å². The van der Waals surface area contributed by atoms with Crippen LogP contribution in [0.15, 0.2) is 42.5 Å². The summed E-state index contributed by atoms with van der Waals surface area (Å²) in [7, 11) is 1.37. The molecule has 22 heavy (non-hydrogen) atoms. The number of methoxy groups -OCH3 is 1. The molecule has 2 rings (SSSR count). The van der Waals surface area contributed by atoms with Gasteiger partial charge < -0.3 is 14.8 Å². The Balaban J connectivity index is 2.08. The Hall–Kier alpha value is -2.56. The standard InChI is InChI=1S/C17H18FNO3/c1-11(2)22-14-7-4-12(5-8-14)17(20)19-13-6-9-15(18)16(10-13)21-3/h4-11H,1-3H3,(H,19,20). The molecular formula is C17H18FNO3. The van der Waals surface area contributed by atoms with Gasteiger partial charge in [-0.3, -0.25) is 4.79 Å². The Labute approximate surface area is 128 Å². The summed E-state index contributed by atoms with van der Waals surface area (Å²) in [6, 6.07) is 11.0. The minimum atomic E-state index is -0.476. The Morgan fingerprint density at radius 1 is 1.14 bits per heavy atom. The minimum absolute atomic E-state index is 0.0753. The molecule has 0 saturated heterocycles. The van der Waals surface area contributed by atoms with Crippen LogP contribution in [-0.2, 0) is 0 Å². The van der Waals surface area contributed by atoms with Gasteiger partial charge in [-0.1, -0.05) is 0 Å². The van der Waals surface area contributed by atoms with Gasteiger partial charge in [-0.2, -0.15) is 0 Å². The fraction of sp³-hybridized carbons (Fsp3) is 0.235. The SMILES string of the molecule is COc1cc(NC(=O)c2ccc(OC(C)C)cc2)ccc1F. The molecule has 1 N–H and O–H groups in total. The monoisotopic (exact) mass is 303 g/mol. The number of halogens is 1.